The van der Waals surface area contributed by atoms with E-state index < -0.39 is 0 Å². The van der Waals surface area contributed by atoms with Crippen molar-refractivity contribution in [1.29, 1.82) is 0 Å². The molecule has 6 heteroatoms. The second-order valence-corrected chi connectivity index (χ2v) is 4.55. The normalized spacial score (nSPS) is 9.86. The van der Waals surface area contributed by atoms with E-state index in [2.05, 4.69) is 10.6 Å². The Balaban J connectivity index is 2.39. The van der Waals surface area contributed by atoms with Crippen molar-refractivity contribution in [3.63, 3.8) is 0 Å². The number of benzene rings is 1. The van der Waals surface area contributed by atoms with Gasteiger partial charge in [-0.05, 0) is 24.1 Å². The molecule has 6 nitrogen and oxygen atoms in total. The zero-order chi connectivity index (χ0) is 15.7. The molecule has 0 saturated carbocycles. The van der Waals surface area contributed by atoms with Crippen molar-refractivity contribution >= 4 is 11.8 Å². The summed E-state index contributed by atoms with van der Waals surface area (Å²) in [4.78, 5) is 22.5. The smallest absolute Gasteiger partial charge is 0.224 e. The van der Waals surface area contributed by atoms with Gasteiger partial charge in [0.05, 0.1) is 20.6 Å². The Morgan fingerprint density at radius 2 is 1.71 bits per heavy atom. The summed E-state index contributed by atoms with van der Waals surface area (Å²) in [6.07, 6.45) is 0.984. The van der Waals surface area contributed by atoms with Gasteiger partial charge in [0.15, 0.2) is 11.5 Å². The molecule has 0 radical (unpaired) electrons. The van der Waals surface area contributed by atoms with Crippen LogP contribution in [0.2, 0.25) is 0 Å². The van der Waals surface area contributed by atoms with E-state index in [0.29, 0.717) is 31.0 Å². The van der Waals surface area contributed by atoms with Gasteiger partial charge in [0.1, 0.15) is 0 Å². The van der Waals surface area contributed by atoms with Gasteiger partial charge >= 0.3 is 0 Å². The lowest BCUT2D eigenvalue weighted by molar-refractivity contribution is -0.120. The fourth-order valence-electron chi connectivity index (χ4n) is 1.82. The van der Waals surface area contributed by atoms with Gasteiger partial charge in [0, 0.05) is 20.0 Å². The predicted molar refractivity (Wildman–Crippen MR) is 79.6 cm³/mol. The minimum atomic E-state index is -0.0648. The fraction of sp³-hybridized carbons (Fsp3) is 0.467. The summed E-state index contributed by atoms with van der Waals surface area (Å²) in [6, 6.07) is 5.40. The van der Waals surface area contributed by atoms with E-state index in [1.165, 1.54) is 6.92 Å². The van der Waals surface area contributed by atoms with Crippen LogP contribution in [0.15, 0.2) is 18.2 Å². The first-order valence-corrected chi connectivity index (χ1v) is 6.79. The number of ether oxygens (including phenoxy) is 2. The van der Waals surface area contributed by atoms with Crippen molar-refractivity contribution in [2.24, 2.45) is 0 Å². The van der Waals surface area contributed by atoms with Gasteiger partial charge in [-0.25, -0.2) is 0 Å². The highest BCUT2D eigenvalue weighted by Crippen LogP contribution is 2.27. The molecule has 0 aliphatic carbocycles. The molecule has 1 rings (SSSR count). The third kappa shape index (κ3) is 6.16. The summed E-state index contributed by atoms with van der Waals surface area (Å²) in [5.41, 5.74) is 0.854. The zero-order valence-corrected chi connectivity index (χ0v) is 12.7. The van der Waals surface area contributed by atoms with E-state index in [1.807, 2.05) is 6.07 Å². The molecule has 0 heterocycles. The van der Waals surface area contributed by atoms with E-state index in [0.717, 1.165) is 5.56 Å². The fourth-order valence-corrected chi connectivity index (χ4v) is 1.82. The number of nitrogens with one attached hydrogen (secondary N) is 2. The predicted octanol–water partition coefficient (Wildman–Crippen LogP) is 0.889. The Morgan fingerprint density at radius 3 is 2.33 bits per heavy atom. The lowest BCUT2D eigenvalue weighted by Gasteiger charge is -2.10. The molecule has 1 aromatic rings. The first-order valence-electron chi connectivity index (χ1n) is 6.79. The van der Waals surface area contributed by atoms with Crippen LogP contribution in [0.5, 0.6) is 11.5 Å². The maximum absolute atomic E-state index is 11.8. The third-order valence-electron chi connectivity index (χ3n) is 2.86. The molecule has 1 aromatic carbocycles. The van der Waals surface area contributed by atoms with Crippen molar-refractivity contribution in [3.05, 3.63) is 23.8 Å². The SMILES string of the molecule is COc1ccc(CC(=O)NCCCNC(C)=O)cc1OC. The highest BCUT2D eigenvalue weighted by atomic mass is 16.5. The minimum absolute atomic E-state index is 0.0633. The van der Waals surface area contributed by atoms with Crippen molar-refractivity contribution < 1.29 is 19.1 Å². The second-order valence-electron chi connectivity index (χ2n) is 4.55. The van der Waals surface area contributed by atoms with Crippen LogP contribution in [0.3, 0.4) is 0 Å². The van der Waals surface area contributed by atoms with Gasteiger partial charge in [-0.2, -0.15) is 0 Å². The van der Waals surface area contributed by atoms with E-state index in [4.69, 9.17) is 9.47 Å². The molecular weight excluding hydrogens is 272 g/mol. The maximum Gasteiger partial charge on any atom is 0.224 e. The Bertz CT molecular complexity index is 489. The van der Waals surface area contributed by atoms with Crippen LogP contribution in [0, 0.1) is 0 Å². The maximum atomic E-state index is 11.8. The molecule has 0 aliphatic heterocycles. The molecule has 2 amide bonds. The number of rotatable bonds is 8. The van der Waals surface area contributed by atoms with Gasteiger partial charge < -0.3 is 20.1 Å². The third-order valence-corrected chi connectivity index (χ3v) is 2.86. The van der Waals surface area contributed by atoms with Crippen molar-refractivity contribution in [2.75, 3.05) is 27.3 Å². The van der Waals surface area contributed by atoms with Gasteiger partial charge in [-0.15, -0.1) is 0 Å². The van der Waals surface area contributed by atoms with Gasteiger partial charge in [0.2, 0.25) is 11.8 Å². The summed E-state index contributed by atoms with van der Waals surface area (Å²) in [6.45, 7) is 2.56. The van der Waals surface area contributed by atoms with Gasteiger partial charge in [-0.1, -0.05) is 6.07 Å². The standard InChI is InChI=1S/C15H22N2O4/c1-11(18)16-7-4-8-17-15(19)10-12-5-6-13(20-2)14(9-12)21-3/h5-6,9H,4,7-8,10H2,1-3H3,(H,16,18)(H,17,19). The lowest BCUT2D eigenvalue weighted by atomic mass is 10.1. The minimum Gasteiger partial charge on any atom is -0.493 e. The number of amides is 2. The second kappa shape index (κ2) is 8.84. The molecule has 0 bridgehead atoms. The Morgan fingerprint density at radius 1 is 1.05 bits per heavy atom. The van der Waals surface area contributed by atoms with Crippen molar-refractivity contribution in [1.82, 2.24) is 10.6 Å². The van der Waals surface area contributed by atoms with Gasteiger partial charge in [0.25, 0.3) is 0 Å². The van der Waals surface area contributed by atoms with Crippen LogP contribution in [0.25, 0.3) is 0 Å². The molecule has 0 fully saturated rings. The Labute approximate surface area is 124 Å². The van der Waals surface area contributed by atoms with Crippen LogP contribution in [-0.4, -0.2) is 39.1 Å². The summed E-state index contributed by atoms with van der Waals surface area (Å²) in [5.74, 6) is 1.11. The van der Waals surface area contributed by atoms with E-state index in [1.54, 1.807) is 26.4 Å². The summed E-state index contributed by atoms with van der Waals surface area (Å²) in [5, 5.41) is 5.48. The summed E-state index contributed by atoms with van der Waals surface area (Å²) in [7, 11) is 3.13. The summed E-state index contributed by atoms with van der Waals surface area (Å²) < 4.78 is 10.3. The summed E-state index contributed by atoms with van der Waals surface area (Å²) >= 11 is 0. The number of carbonyl (C=O) groups excluding carboxylic acids is 2. The molecule has 0 aliphatic rings. The number of hydrogen-bond acceptors (Lipinski definition) is 4. The molecular formula is C15H22N2O4. The van der Waals surface area contributed by atoms with Crippen molar-refractivity contribution in [3.8, 4) is 11.5 Å². The van der Waals surface area contributed by atoms with E-state index in [9.17, 15) is 9.59 Å². The monoisotopic (exact) mass is 294 g/mol. The molecule has 0 saturated heterocycles. The van der Waals surface area contributed by atoms with E-state index in [-0.39, 0.29) is 18.2 Å². The molecule has 21 heavy (non-hydrogen) atoms. The quantitative estimate of drug-likeness (QED) is 0.698. The van der Waals surface area contributed by atoms with Crippen LogP contribution >= 0.6 is 0 Å². The van der Waals surface area contributed by atoms with Crippen LogP contribution in [-0.2, 0) is 16.0 Å². The number of carbonyl (C=O) groups is 2. The Hall–Kier alpha value is -2.24. The van der Waals surface area contributed by atoms with Crippen molar-refractivity contribution in [2.45, 2.75) is 19.8 Å². The first-order chi connectivity index (χ1) is 10.1. The average molecular weight is 294 g/mol. The largest absolute Gasteiger partial charge is 0.493 e. The van der Waals surface area contributed by atoms with Gasteiger partial charge in [-0.3, -0.25) is 9.59 Å². The highest BCUT2D eigenvalue weighted by Gasteiger charge is 2.08. The zero-order valence-electron chi connectivity index (χ0n) is 12.7. The van der Waals surface area contributed by atoms with Crippen LogP contribution in [0.4, 0.5) is 0 Å². The van der Waals surface area contributed by atoms with Crippen LogP contribution in [0.1, 0.15) is 18.9 Å². The molecule has 0 atom stereocenters. The molecule has 0 spiro atoms. The number of hydrogen-bond donors (Lipinski definition) is 2. The topological polar surface area (TPSA) is 76.7 Å². The van der Waals surface area contributed by atoms with E-state index >= 15 is 0 Å². The molecule has 0 unspecified atom stereocenters. The highest BCUT2D eigenvalue weighted by molar-refractivity contribution is 5.78. The molecule has 116 valence electrons. The van der Waals surface area contributed by atoms with Crippen LogP contribution < -0.4 is 20.1 Å². The molecule has 0 aromatic heterocycles. The Kier molecular flexibility index (Phi) is 7.08. The number of methoxy groups -OCH3 is 2. The first kappa shape index (κ1) is 16.8. The molecule has 2 N–H and O–H groups in total. The average Bonchev–Trinajstić information content (AvgIpc) is 2.46. The lowest BCUT2D eigenvalue weighted by Crippen LogP contribution is -2.29.